The molecule has 31 heavy (non-hydrogen) atoms. The normalized spacial score (nSPS) is 12.3. The van der Waals surface area contributed by atoms with Crippen molar-refractivity contribution in [3.63, 3.8) is 0 Å². The van der Waals surface area contributed by atoms with Crippen LogP contribution in [0.1, 0.15) is 18.5 Å². The van der Waals surface area contributed by atoms with Crippen LogP contribution in [0.4, 0.5) is 25.1 Å². The van der Waals surface area contributed by atoms with Crippen molar-refractivity contribution in [2.75, 3.05) is 51.5 Å². The van der Waals surface area contributed by atoms with E-state index in [0.717, 1.165) is 18.7 Å². The summed E-state index contributed by atoms with van der Waals surface area (Å²) in [6, 6.07) is 4.37. The first-order valence-electron chi connectivity index (χ1n) is 9.86. The average molecular weight is 431 g/mol. The molecule has 2 aromatic heterocycles. The molecule has 0 aliphatic heterocycles. The first-order valence-corrected chi connectivity index (χ1v) is 9.86. The van der Waals surface area contributed by atoms with Crippen LogP contribution in [0.2, 0.25) is 0 Å². The van der Waals surface area contributed by atoms with E-state index >= 15 is 0 Å². The van der Waals surface area contributed by atoms with E-state index in [1.807, 2.05) is 19.0 Å². The average Bonchev–Trinajstić information content (AvgIpc) is 3.14. The molecule has 3 aromatic rings. The number of nitrogens with one attached hydrogen (secondary N) is 1. The molecule has 0 spiro atoms. The van der Waals surface area contributed by atoms with Gasteiger partial charge >= 0.3 is 6.03 Å². The van der Waals surface area contributed by atoms with Crippen LogP contribution in [0.25, 0.3) is 5.65 Å². The fourth-order valence-electron chi connectivity index (χ4n) is 3.05. The third kappa shape index (κ3) is 5.08. The molecule has 1 aromatic carbocycles. The van der Waals surface area contributed by atoms with Gasteiger partial charge in [0.25, 0.3) is 0 Å². The highest BCUT2D eigenvalue weighted by atomic mass is 19.1. The maximum Gasteiger partial charge on any atom is 0.321 e. The molecular weight excluding hydrogens is 404 g/mol. The second-order valence-corrected chi connectivity index (χ2v) is 7.72. The number of urea groups is 1. The molecule has 0 fully saturated rings. The van der Waals surface area contributed by atoms with Crippen LogP contribution in [-0.2, 0) is 0 Å². The molecule has 1 atom stereocenters. The summed E-state index contributed by atoms with van der Waals surface area (Å²) in [5.41, 5.74) is 1.14. The maximum atomic E-state index is 14.2. The molecule has 0 aliphatic carbocycles. The van der Waals surface area contributed by atoms with Crippen molar-refractivity contribution in [1.29, 1.82) is 0 Å². The molecular formula is C21H27F2N7O. The van der Waals surface area contributed by atoms with Gasteiger partial charge in [0, 0.05) is 38.9 Å². The molecule has 0 aliphatic rings. The second kappa shape index (κ2) is 9.25. The Kier molecular flexibility index (Phi) is 6.69. The SMILES string of the molecule is C[C@H](c1cc(F)ccc1F)N(C)c1ccn2ncc(NC(=O)N(C)CCN(C)C)c2n1. The fourth-order valence-corrected chi connectivity index (χ4v) is 3.05. The van der Waals surface area contributed by atoms with Gasteiger partial charge in [-0.25, -0.2) is 23.1 Å². The zero-order chi connectivity index (χ0) is 22.7. The van der Waals surface area contributed by atoms with E-state index in [4.69, 9.17) is 0 Å². The minimum Gasteiger partial charge on any atom is -0.353 e. The molecule has 0 bridgehead atoms. The summed E-state index contributed by atoms with van der Waals surface area (Å²) in [5, 5.41) is 7.05. The van der Waals surface area contributed by atoms with Crippen LogP contribution in [0.15, 0.2) is 36.7 Å². The lowest BCUT2D eigenvalue weighted by molar-refractivity contribution is 0.217. The number of anilines is 2. The number of aromatic nitrogens is 3. The predicted octanol–water partition coefficient (Wildman–Crippen LogP) is 3.23. The Bertz CT molecular complexity index is 1070. The lowest BCUT2D eigenvalue weighted by Crippen LogP contribution is -2.36. The molecule has 2 heterocycles. The van der Waals surface area contributed by atoms with Gasteiger partial charge in [-0.2, -0.15) is 5.10 Å². The van der Waals surface area contributed by atoms with Crippen LogP contribution < -0.4 is 10.2 Å². The number of halogens is 2. The molecule has 0 unspecified atom stereocenters. The number of likely N-dealkylation sites (N-methyl/N-ethyl adjacent to an activating group) is 2. The molecule has 0 radical (unpaired) electrons. The van der Waals surface area contributed by atoms with Crippen LogP contribution in [0, 0.1) is 11.6 Å². The standard InChI is InChI=1S/C21H27F2N7O/c1-14(16-12-15(22)6-7-17(16)23)29(5)19-8-9-30-20(26-19)18(13-24-30)25-21(31)28(4)11-10-27(2)3/h6-9,12-14H,10-11H2,1-5H3,(H,25,31)/t14-/m1/s1. The zero-order valence-electron chi connectivity index (χ0n) is 18.3. The topological polar surface area (TPSA) is 69.0 Å². The van der Waals surface area contributed by atoms with Crippen molar-refractivity contribution in [3.05, 3.63) is 53.9 Å². The predicted molar refractivity (Wildman–Crippen MR) is 116 cm³/mol. The number of carbonyl (C=O) groups excluding carboxylic acids is 1. The van der Waals surface area contributed by atoms with Gasteiger partial charge in [0.15, 0.2) is 5.65 Å². The highest BCUT2D eigenvalue weighted by molar-refractivity contribution is 5.93. The molecule has 0 saturated carbocycles. The van der Waals surface area contributed by atoms with E-state index in [2.05, 4.69) is 15.4 Å². The van der Waals surface area contributed by atoms with E-state index < -0.39 is 17.7 Å². The van der Waals surface area contributed by atoms with Crippen LogP contribution in [-0.4, -0.2) is 71.7 Å². The Labute approximate surface area is 180 Å². The minimum atomic E-state index is -0.501. The lowest BCUT2D eigenvalue weighted by atomic mass is 10.1. The van der Waals surface area contributed by atoms with Gasteiger partial charge < -0.3 is 20.0 Å². The van der Waals surface area contributed by atoms with Crippen molar-refractivity contribution >= 4 is 23.2 Å². The molecule has 2 amide bonds. The number of carbonyl (C=O) groups is 1. The Morgan fingerprint density at radius 2 is 1.90 bits per heavy atom. The number of hydrogen-bond acceptors (Lipinski definition) is 5. The smallest absolute Gasteiger partial charge is 0.321 e. The summed E-state index contributed by atoms with van der Waals surface area (Å²) in [7, 11) is 7.34. The highest BCUT2D eigenvalue weighted by Gasteiger charge is 2.20. The van der Waals surface area contributed by atoms with Crippen molar-refractivity contribution in [2.24, 2.45) is 0 Å². The summed E-state index contributed by atoms with van der Waals surface area (Å²) in [6.07, 6.45) is 3.23. The van der Waals surface area contributed by atoms with E-state index in [-0.39, 0.29) is 11.6 Å². The summed E-state index contributed by atoms with van der Waals surface area (Å²) in [4.78, 5) is 22.4. The molecule has 0 saturated heterocycles. The number of fused-ring (bicyclic) bond motifs is 1. The molecule has 8 nitrogen and oxygen atoms in total. The van der Waals surface area contributed by atoms with E-state index in [1.165, 1.54) is 12.3 Å². The Morgan fingerprint density at radius 1 is 1.16 bits per heavy atom. The molecule has 166 valence electrons. The van der Waals surface area contributed by atoms with Gasteiger partial charge in [-0.15, -0.1) is 0 Å². The van der Waals surface area contributed by atoms with Crippen molar-refractivity contribution in [1.82, 2.24) is 24.4 Å². The fraction of sp³-hybridized carbons (Fsp3) is 0.381. The highest BCUT2D eigenvalue weighted by Crippen LogP contribution is 2.27. The largest absolute Gasteiger partial charge is 0.353 e. The Morgan fingerprint density at radius 3 is 2.61 bits per heavy atom. The summed E-state index contributed by atoms with van der Waals surface area (Å²) >= 11 is 0. The third-order valence-corrected chi connectivity index (χ3v) is 5.18. The van der Waals surface area contributed by atoms with E-state index in [1.54, 1.807) is 47.6 Å². The first kappa shape index (κ1) is 22.4. The maximum absolute atomic E-state index is 14.2. The zero-order valence-corrected chi connectivity index (χ0v) is 18.3. The van der Waals surface area contributed by atoms with Crippen molar-refractivity contribution in [3.8, 4) is 0 Å². The van der Waals surface area contributed by atoms with E-state index in [9.17, 15) is 13.6 Å². The Hall–Kier alpha value is -3.27. The second-order valence-electron chi connectivity index (χ2n) is 7.72. The minimum absolute atomic E-state index is 0.230. The van der Waals surface area contributed by atoms with Crippen molar-refractivity contribution in [2.45, 2.75) is 13.0 Å². The third-order valence-electron chi connectivity index (χ3n) is 5.18. The van der Waals surface area contributed by atoms with Gasteiger partial charge in [-0.05, 0) is 45.3 Å². The van der Waals surface area contributed by atoms with E-state index in [0.29, 0.717) is 23.7 Å². The number of rotatable bonds is 7. The summed E-state index contributed by atoms with van der Waals surface area (Å²) in [6.45, 7) is 3.07. The quantitative estimate of drug-likeness (QED) is 0.622. The number of benzene rings is 1. The Balaban J connectivity index is 1.82. The lowest BCUT2D eigenvalue weighted by Gasteiger charge is -2.26. The number of amides is 2. The van der Waals surface area contributed by atoms with Gasteiger partial charge in [-0.1, -0.05) is 0 Å². The summed E-state index contributed by atoms with van der Waals surface area (Å²) in [5.74, 6) is -0.459. The summed E-state index contributed by atoms with van der Waals surface area (Å²) < 4.78 is 29.4. The monoisotopic (exact) mass is 431 g/mol. The van der Waals surface area contributed by atoms with Gasteiger partial charge in [-0.3, -0.25) is 0 Å². The van der Waals surface area contributed by atoms with Gasteiger partial charge in [0.1, 0.15) is 23.1 Å². The first-order chi connectivity index (χ1) is 14.7. The van der Waals surface area contributed by atoms with Gasteiger partial charge in [0.05, 0.1) is 12.2 Å². The number of hydrogen-bond donors (Lipinski definition) is 1. The van der Waals surface area contributed by atoms with Crippen LogP contribution >= 0.6 is 0 Å². The van der Waals surface area contributed by atoms with Gasteiger partial charge in [0.2, 0.25) is 0 Å². The number of nitrogens with zero attached hydrogens (tertiary/aromatic N) is 6. The van der Waals surface area contributed by atoms with Crippen LogP contribution in [0.3, 0.4) is 0 Å². The van der Waals surface area contributed by atoms with Crippen molar-refractivity contribution < 1.29 is 13.6 Å². The molecule has 10 heteroatoms. The van der Waals surface area contributed by atoms with Crippen LogP contribution in [0.5, 0.6) is 0 Å². The molecule has 3 rings (SSSR count). The molecule has 1 N–H and O–H groups in total.